The second kappa shape index (κ2) is 5.90. The summed E-state index contributed by atoms with van der Waals surface area (Å²) in [4.78, 5) is 28.8. The molecule has 0 aromatic carbocycles. The van der Waals surface area contributed by atoms with E-state index in [0.717, 1.165) is 12.8 Å². The molecular formula is C14H19N3O3. The van der Waals surface area contributed by atoms with Gasteiger partial charge in [-0.3, -0.25) is 4.79 Å². The van der Waals surface area contributed by atoms with E-state index in [0.29, 0.717) is 24.7 Å². The van der Waals surface area contributed by atoms with E-state index in [2.05, 4.69) is 11.9 Å². The molecule has 0 saturated carbocycles. The SMILES string of the molecule is CCC1CCN(c2ncccc2C(N)=O)C(C(=O)O)C1. The molecule has 1 fully saturated rings. The monoisotopic (exact) mass is 277 g/mol. The standard InChI is InChI=1S/C14H19N3O3/c1-2-9-5-7-17(11(8-9)14(19)20)13-10(12(15)18)4-3-6-16-13/h3-4,6,9,11H,2,5,7-8H2,1H3,(H2,15,18)(H,19,20). The zero-order valence-corrected chi connectivity index (χ0v) is 11.5. The van der Waals surface area contributed by atoms with Crippen molar-refractivity contribution in [2.75, 3.05) is 11.4 Å². The van der Waals surface area contributed by atoms with Gasteiger partial charge in [-0.15, -0.1) is 0 Å². The lowest BCUT2D eigenvalue weighted by atomic mass is 9.88. The lowest BCUT2D eigenvalue weighted by Crippen LogP contribution is -2.48. The first-order chi connectivity index (χ1) is 9.54. The molecule has 0 radical (unpaired) electrons. The zero-order valence-electron chi connectivity index (χ0n) is 11.5. The second-order valence-corrected chi connectivity index (χ2v) is 5.08. The van der Waals surface area contributed by atoms with Crippen molar-refractivity contribution in [3.05, 3.63) is 23.9 Å². The maximum atomic E-state index is 11.5. The highest BCUT2D eigenvalue weighted by atomic mass is 16.4. The Labute approximate surface area is 117 Å². The molecule has 1 aromatic heterocycles. The van der Waals surface area contributed by atoms with Gasteiger partial charge in [0.25, 0.3) is 5.91 Å². The van der Waals surface area contributed by atoms with Crippen LogP contribution >= 0.6 is 0 Å². The maximum Gasteiger partial charge on any atom is 0.326 e. The first-order valence-electron chi connectivity index (χ1n) is 6.78. The summed E-state index contributed by atoms with van der Waals surface area (Å²) in [6, 6.07) is 2.55. The average molecular weight is 277 g/mol. The van der Waals surface area contributed by atoms with E-state index in [4.69, 9.17) is 5.73 Å². The van der Waals surface area contributed by atoms with Crippen LogP contribution in [0.15, 0.2) is 18.3 Å². The molecule has 2 unspecified atom stereocenters. The van der Waals surface area contributed by atoms with Crippen molar-refractivity contribution in [3.63, 3.8) is 0 Å². The Hall–Kier alpha value is -2.11. The van der Waals surface area contributed by atoms with Crippen LogP contribution in [0.3, 0.4) is 0 Å². The maximum absolute atomic E-state index is 11.5. The molecule has 1 amide bonds. The minimum absolute atomic E-state index is 0.272. The molecule has 0 bridgehead atoms. The van der Waals surface area contributed by atoms with Gasteiger partial charge in [-0.2, -0.15) is 0 Å². The van der Waals surface area contributed by atoms with Crippen LogP contribution in [-0.4, -0.2) is 34.6 Å². The van der Waals surface area contributed by atoms with Gasteiger partial charge >= 0.3 is 5.97 Å². The third-order valence-corrected chi connectivity index (χ3v) is 3.90. The molecule has 2 heterocycles. The molecule has 1 saturated heterocycles. The van der Waals surface area contributed by atoms with Crippen LogP contribution in [0, 0.1) is 5.92 Å². The number of nitrogens with two attached hydrogens (primary N) is 1. The van der Waals surface area contributed by atoms with E-state index in [-0.39, 0.29) is 5.56 Å². The van der Waals surface area contributed by atoms with E-state index >= 15 is 0 Å². The van der Waals surface area contributed by atoms with Gasteiger partial charge in [0, 0.05) is 12.7 Å². The summed E-state index contributed by atoms with van der Waals surface area (Å²) in [6.45, 7) is 2.64. The number of anilines is 1. The smallest absolute Gasteiger partial charge is 0.326 e. The molecule has 6 nitrogen and oxygen atoms in total. The Morgan fingerprint density at radius 2 is 2.30 bits per heavy atom. The van der Waals surface area contributed by atoms with Crippen LogP contribution in [0.25, 0.3) is 0 Å². The van der Waals surface area contributed by atoms with Gasteiger partial charge in [0.15, 0.2) is 0 Å². The van der Waals surface area contributed by atoms with Crippen molar-refractivity contribution in [2.45, 2.75) is 32.2 Å². The zero-order chi connectivity index (χ0) is 14.7. The Morgan fingerprint density at radius 3 is 2.90 bits per heavy atom. The molecule has 1 aromatic rings. The van der Waals surface area contributed by atoms with Gasteiger partial charge < -0.3 is 15.7 Å². The number of pyridine rings is 1. The Kier molecular flexibility index (Phi) is 4.22. The number of carbonyl (C=O) groups excluding carboxylic acids is 1. The lowest BCUT2D eigenvalue weighted by Gasteiger charge is -2.38. The Balaban J connectivity index is 2.35. The van der Waals surface area contributed by atoms with Crippen molar-refractivity contribution in [3.8, 4) is 0 Å². The number of hydrogen-bond donors (Lipinski definition) is 2. The van der Waals surface area contributed by atoms with Gasteiger partial charge in [0.2, 0.25) is 0 Å². The third-order valence-electron chi connectivity index (χ3n) is 3.90. The second-order valence-electron chi connectivity index (χ2n) is 5.08. The highest BCUT2D eigenvalue weighted by Crippen LogP contribution is 2.30. The van der Waals surface area contributed by atoms with Gasteiger partial charge in [-0.25, -0.2) is 9.78 Å². The molecule has 2 rings (SSSR count). The quantitative estimate of drug-likeness (QED) is 0.863. The van der Waals surface area contributed by atoms with Crippen molar-refractivity contribution in [2.24, 2.45) is 11.7 Å². The fourth-order valence-corrected chi connectivity index (χ4v) is 2.71. The number of hydrogen-bond acceptors (Lipinski definition) is 4. The number of rotatable bonds is 4. The molecule has 0 spiro atoms. The molecule has 1 aliphatic heterocycles. The highest BCUT2D eigenvalue weighted by molar-refractivity contribution is 5.98. The minimum Gasteiger partial charge on any atom is -0.480 e. The van der Waals surface area contributed by atoms with Crippen LogP contribution in [0.5, 0.6) is 0 Å². The van der Waals surface area contributed by atoms with Crippen LogP contribution in [0.4, 0.5) is 5.82 Å². The van der Waals surface area contributed by atoms with Crippen LogP contribution in [0.2, 0.25) is 0 Å². The molecule has 3 N–H and O–H groups in total. The summed E-state index contributed by atoms with van der Waals surface area (Å²) in [6.07, 6.45) is 3.98. The van der Waals surface area contributed by atoms with E-state index in [1.165, 1.54) is 0 Å². The van der Waals surface area contributed by atoms with E-state index in [1.54, 1.807) is 23.2 Å². The topological polar surface area (TPSA) is 96.5 Å². The summed E-state index contributed by atoms with van der Waals surface area (Å²) >= 11 is 0. The minimum atomic E-state index is -0.885. The van der Waals surface area contributed by atoms with Crippen molar-refractivity contribution >= 4 is 17.7 Å². The summed E-state index contributed by atoms with van der Waals surface area (Å²) in [5.41, 5.74) is 5.62. The van der Waals surface area contributed by atoms with Crippen LogP contribution in [-0.2, 0) is 4.79 Å². The van der Waals surface area contributed by atoms with Crippen molar-refractivity contribution in [1.82, 2.24) is 4.98 Å². The van der Waals surface area contributed by atoms with Crippen molar-refractivity contribution < 1.29 is 14.7 Å². The first-order valence-corrected chi connectivity index (χ1v) is 6.78. The predicted molar refractivity (Wildman–Crippen MR) is 74.5 cm³/mol. The van der Waals surface area contributed by atoms with E-state index in [1.807, 2.05) is 0 Å². The molecule has 20 heavy (non-hydrogen) atoms. The lowest BCUT2D eigenvalue weighted by molar-refractivity contribution is -0.139. The number of amides is 1. The fourth-order valence-electron chi connectivity index (χ4n) is 2.71. The van der Waals surface area contributed by atoms with Gasteiger partial charge in [0.05, 0.1) is 5.56 Å². The number of aliphatic carboxylic acids is 1. The highest BCUT2D eigenvalue weighted by Gasteiger charge is 2.34. The number of carbonyl (C=O) groups is 2. The number of nitrogens with zero attached hydrogens (tertiary/aromatic N) is 2. The summed E-state index contributed by atoms with van der Waals surface area (Å²) in [5.74, 6) is -0.700. The molecule has 0 aliphatic carbocycles. The molecule has 108 valence electrons. The predicted octanol–water partition coefficient (Wildman–Crippen LogP) is 1.26. The molecule has 1 aliphatic rings. The molecular weight excluding hydrogens is 258 g/mol. The Morgan fingerprint density at radius 1 is 1.55 bits per heavy atom. The van der Waals surface area contributed by atoms with Gasteiger partial charge in [-0.05, 0) is 30.9 Å². The third kappa shape index (κ3) is 2.74. The average Bonchev–Trinajstić information content (AvgIpc) is 2.46. The number of aromatic nitrogens is 1. The number of primary amides is 1. The summed E-state index contributed by atoms with van der Waals surface area (Å²) in [7, 11) is 0. The largest absolute Gasteiger partial charge is 0.480 e. The molecule has 6 heteroatoms. The normalized spacial score (nSPS) is 22.6. The fraction of sp³-hybridized carbons (Fsp3) is 0.500. The van der Waals surface area contributed by atoms with Crippen molar-refractivity contribution in [1.29, 1.82) is 0 Å². The first kappa shape index (κ1) is 14.3. The van der Waals surface area contributed by atoms with E-state index in [9.17, 15) is 14.7 Å². The van der Waals surface area contributed by atoms with Gasteiger partial charge in [-0.1, -0.05) is 13.3 Å². The summed E-state index contributed by atoms with van der Waals surface area (Å²) in [5, 5.41) is 9.43. The van der Waals surface area contributed by atoms with Gasteiger partial charge in [0.1, 0.15) is 11.9 Å². The molecule has 2 atom stereocenters. The van der Waals surface area contributed by atoms with Crippen LogP contribution in [0.1, 0.15) is 36.5 Å². The number of carboxylic acids is 1. The number of piperidine rings is 1. The Bertz CT molecular complexity index is 518. The summed E-state index contributed by atoms with van der Waals surface area (Å²) < 4.78 is 0. The van der Waals surface area contributed by atoms with E-state index < -0.39 is 17.9 Å². The van der Waals surface area contributed by atoms with Crippen LogP contribution < -0.4 is 10.6 Å². The number of carboxylic acid groups (broad SMARTS) is 1.